The topological polar surface area (TPSA) is 27.0 Å². The van der Waals surface area contributed by atoms with Gasteiger partial charge in [-0.2, -0.15) is 18.4 Å². The first-order chi connectivity index (χ1) is 14.5. The van der Waals surface area contributed by atoms with E-state index in [-0.39, 0.29) is 22.6 Å². The number of rotatable bonds is 4. The van der Waals surface area contributed by atoms with E-state index >= 15 is 4.39 Å². The molecule has 1 aliphatic heterocycles. The summed E-state index contributed by atoms with van der Waals surface area (Å²) in [7, 11) is 0. The van der Waals surface area contributed by atoms with Crippen molar-refractivity contribution >= 4 is 17.3 Å². The van der Waals surface area contributed by atoms with E-state index in [0.717, 1.165) is 42.8 Å². The number of anilines is 1. The van der Waals surface area contributed by atoms with E-state index in [1.165, 1.54) is 24.3 Å². The van der Waals surface area contributed by atoms with Crippen LogP contribution in [0.25, 0.3) is 11.6 Å². The van der Waals surface area contributed by atoms with Crippen LogP contribution in [0.1, 0.15) is 68.7 Å². The molecule has 0 N–H and O–H groups in total. The summed E-state index contributed by atoms with van der Waals surface area (Å²) in [5.41, 5.74) is 1.69. The van der Waals surface area contributed by atoms with Crippen molar-refractivity contribution in [3.8, 4) is 6.07 Å². The van der Waals surface area contributed by atoms with Gasteiger partial charge in [0.15, 0.2) is 0 Å². The van der Waals surface area contributed by atoms with Crippen LogP contribution in [0.2, 0.25) is 0 Å². The zero-order valence-corrected chi connectivity index (χ0v) is 18.1. The Morgan fingerprint density at radius 1 is 1.23 bits per heavy atom. The Kier molecular flexibility index (Phi) is 6.18. The summed E-state index contributed by atoms with van der Waals surface area (Å²) in [5, 5.41) is 9.56. The van der Waals surface area contributed by atoms with Gasteiger partial charge in [0.2, 0.25) is 0 Å². The Balaban J connectivity index is 2.05. The molecular formula is C25H26F4N2. The molecule has 1 atom stereocenters. The average Bonchev–Trinajstić information content (AvgIpc) is 2.69. The van der Waals surface area contributed by atoms with Gasteiger partial charge in [-0.05, 0) is 74.1 Å². The van der Waals surface area contributed by atoms with Gasteiger partial charge in [-0.1, -0.05) is 26.0 Å². The Morgan fingerprint density at radius 3 is 2.42 bits per heavy atom. The van der Waals surface area contributed by atoms with Crippen molar-refractivity contribution < 1.29 is 17.6 Å². The number of alkyl halides is 3. The van der Waals surface area contributed by atoms with E-state index in [1.807, 2.05) is 6.07 Å². The maximum atomic E-state index is 15.1. The number of halogens is 4. The molecule has 6 heteroatoms. The number of fused-ring (bicyclic) bond motifs is 1. The number of benzene rings is 2. The second-order valence-electron chi connectivity index (χ2n) is 8.75. The largest absolute Gasteiger partial charge is 0.416 e. The van der Waals surface area contributed by atoms with Gasteiger partial charge in [0.1, 0.15) is 5.82 Å². The monoisotopic (exact) mass is 430 g/mol. The fraction of sp³-hybridized carbons (Fsp3) is 0.400. The molecule has 0 radical (unpaired) electrons. The molecule has 0 saturated carbocycles. The second-order valence-corrected chi connectivity index (χ2v) is 8.75. The molecule has 0 amide bonds. The van der Waals surface area contributed by atoms with Crippen LogP contribution in [-0.2, 0) is 6.18 Å². The molecule has 0 spiro atoms. The number of hydrogen-bond acceptors (Lipinski definition) is 2. The predicted molar refractivity (Wildman–Crippen MR) is 116 cm³/mol. The Hall–Kier alpha value is -2.81. The molecule has 3 rings (SSSR count). The average molecular weight is 430 g/mol. The molecule has 0 bridgehead atoms. The lowest BCUT2D eigenvalue weighted by molar-refractivity contribution is -0.137. The highest BCUT2D eigenvalue weighted by molar-refractivity contribution is 5.90. The minimum Gasteiger partial charge on any atom is -0.366 e. The first-order valence-electron chi connectivity index (χ1n) is 10.4. The molecule has 0 saturated heterocycles. The molecular weight excluding hydrogens is 404 g/mol. The lowest BCUT2D eigenvalue weighted by Crippen LogP contribution is -2.48. The molecule has 2 nitrogen and oxygen atoms in total. The summed E-state index contributed by atoms with van der Waals surface area (Å²) in [6.07, 6.45) is -1.19. The van der Waals surface area contributed by atoms with Crippen LogP contribution < -0.4 is 4.90 Å². The van der Waals surface area contributed by atoms with Crippen molar-refractivity contribution in [3.05, 3.63) is 64.5 Å². The van der Waals surface area contributed by atoms with Crippen LogP contribution in [-0.4, -0.2) is 12.1 Å². The minimum absolute atomic E-state index is 0.0930. The van der Waals surface area contributed by atoms with Crippen molar-refractivity contribution in [2.45, 2.75) is 58.2 Å². The number of nitrogens with zero attached hydrogens (tertiary/aromatic N) is 2. The summed E-state index contributed by atoms with van der Waals surface area (Å²) in [6.45, 7) is 9.33. The third-order valence-corrected chi connectivity index (χ3v) is 5.89. The minimum atomic E-state index is -4.45. The van der Waals surface area contributed by atoms with Crippen LogP contribution in [0.3, 0.4) is 0 Å². The normalized spacial score (nSPS) is 18.5. The summed E-state index contributed by atoms with van der Waals surface area (Å²) in [4.78, 5) is 2.24. The molecule has 164 valence electrons. The molecule has 1 aliphatic rings. The predicted octanol–water partition coefficient (Wildman–Crippen LogP) is 7.41. The number of nitriles is 1. The van der Waals surface area contributed by atoms with Crippen LogP contribution in [0.5, 0.6) is 0 Å². The van der Waals surface area contributed by atoms with Gasteiger partial charge < -0.3 is 4.90 Å². The Labute approximate surface area is 180 Å². The van der Waals surface area contributed by atoms with E-state index in [4.69, 9.17) is 0 Å². The summed E-state index contributed by atoms with van der Waals surface area (Å²) in [5.74, 6) is -0.244. The van der Waals surface area contributed by atoms with Crippen molar-refractivity contribution in [2.75, 3.05) is 11.4 Å². The van der Waals surface area contributed by atoms with Crippen LogP contribution >= 0.6 is 0 Å². The summed E-state index contributed by atoms with van der Waals surface area (Å²) in [6, 6.07) is 9.62. The zero-order chi connectivity index (χ0) is 23.0. The van der Waals surface area contributed by atoms with Gasteiger partial charge in [-0.15, -0.1) is 0 Å². The number of allylic oxidation sites excluding steroid dienone is 1. The molecule has 0 aliphatic carbocycles. The lowest BCUT2D eigenvalue weighted by Gasteiger charge is -2.47. The number of hydrogen-bond donors (Lipinski definition) is 0. The second kappa shape index (κ2) is 8.37. The standard InChI is InChI=1S/C25H26F4N2/c1-5-10-31-23-13-22(26)18(12-21(23)16(2)14-24(31,3)4)11-19(15-30)17-6-8-20(9-7-17)25(27,28)29/h6-9,11-13,16H,5,10,14H2,1-4H3/b19-11+. The fourth-order valence-electron chi connectivity index (χ4n) is 4.45. The molecule has 31 heavy (non-hydrogen) atoms. The molecule has 0 aromatic heterocycles. The zero-order valence-electron chi connectivity index (χ0n) is 18.1. The first kappa shape index (κ1) is 22.9. The third kappa shape index (κ3) is 4.61. The van der Waals surface area contributed by atoms with Crippen molar-refractivity contribution in [3.63, 3.8) is 0 Å². The highest BCUT2D eigenvalue weighted by Gasteiger charge is 2.36. The van der Waals surface area contributed by atoms with Gasteiger partial charge in [0, 0.05) is 23.3 Å². The van der Waals surface area contributed by atoms with E-state index < -0.39 is 17.6 Å². The van der Waals surface area contributed by atoms with Crippen molar-refractivity contribution in [1.29, 1.82) is 5.26 Å². The van der Waals surface area contributed by atoms with E-state index in [1.54, 1.807) is 6.07 Å². The Bertz CT molecular complexity index is 1030. The molecule has 0 fully saturated rings. The van der Waals surface area contributed by atoms with Crippen LogP contribution in [0.15, 0.2) is 36.4 Å². The summed E-state index contributed by atoms with van der Waals surface area (Å²) < 4.78 is 53.5. The maximum Gasteiger partial charge on any atom is 0.416 e. The molecule has 1 unspecified atom stereocenters. The van der Waals surface area contributed by atoms with Crippen LogP contribution in [0.4, 0.5) is 23.2 Å². The van der Waals surface area contributed by atoms with Gasteiger partial charge >= 0.3 is 6.18 Å². The van der Waals surface area contributed by atoms with Gasteiger partial charge in [-0.25, -0.2) is 4.39 Å². The smallest absolute Gasteiger partial charge is 0.366 e. The van der Waals surface area contributed by atoms with E-state index in [9.17, 15) is 18.4 Å². The van der Waals surface area contributed by atoms with E-state index in [0.29, 0.717) is 5.56 Å². The fourth-order valence-corrected chi connectivity index (χ4v) is 4.45. The quantitative estimate of drug-likeness (QED) is 0.287. The van der Waals surface area contributed by atoms with Crippen molar-refractivity contribution in [2.24, 2.45) is 0 Å². The third-order valence-electron chi connectivity index (χ3n) is 5.89. The highest BCUT2D eigenvalue weighted by atomic mass is 19.4. The van der Waals surface area contributed by atoms with Crippen molar-refractivity contribution in [1.82, 2.24) is 0 Å². The summed E-state index contributed by atoms with van der Waals surface area (Å²) >= 11 is 0. The molecule has 1 heterocycles. The van der Waals surface area contributed by atoms with Gasteiger partial charge in [-0.3, -0.25) is 0 Å². The first-order valence-corrected chi connectivity index (χ1v) is 10.4. The SMILES string of the molecule is CCCN1c2cc(F)c(/C=C(\C#N)c3ccc(C(F)(F)F)cc3)cc2C(C)CC1(C)C. The van der Waals surface area contributed by atoms with Gasteiger partial charge in [0.05, 0.1) is 17.2 Å². The van der Waals surface area contributed by atoms with Crippen LogP contribution in [0, 0.1) is 17.1 Å². The lowest BCUT2D eigenvalue weighted by atomic mass is 9.79. The molecule has 2 aromatic rings. The molecule has 2 aromatic carbocycles. The Morgan fingerprint density at radius 2 is 1.87 bits per heavy atom. The highest BCUT2D eigenvalue weighted by Crippen LogP contribution is 2.44. The maximum absolute atomic E-state index is 15.1. The van der Waals surface area contributed by atoms with E-state index in [2.05, 4.69) is 32.6 Å². The van der Waals surface area contributed by atoms with Gasteiger partial charge in [0.25, 0.3) is 0 Å².